The number of pyridine rings is 3. The fourth-order valence-corrected chi connectivity index (χ4v) is 7.83. The van der Waals surface area contributed by atoms with Crippen LogP contribution in [-0.4, -0.2) is 78.9 Å². The second kappa shape index (κ2) is 12.3. The summed E-state index contributed by atoms with van der Waals surface area (Å²) in [5.41, 5.74) is 5.97. The lowest BCUT2D eigenvalue weighted by atomic mass is 9.90. The first kappa shape index (κ1) is 31.5. The summed E-state index contributed by atoms with van der Waals surface area (Å²) in [6.07, 6.45) is 11.8. The average molecular weight is 663 g/mol. The monoisotopic (exact) mass is 662 g/mol. The number of aliphatic hydroxyl groups is 1. The molecule has 1 unspecified atom stereocenters. The van der Waals surface area contributed by atoms with E-state index in [9.17, 15) is 14.7 Å². The van der Waals surface area contributed by atoms with E-state index in [0.717, 1.165) is 64.3 Å². The topological polar surface area (TPSA) is 122 Å². The first-order valence-electron chi connectivity index (χ1n) is 17.0. The van der Waals surface area contributed by atoms with Crippen LogP contribution in [0, 0.1) is 5.41 Å². The number of nitrogens with zero attached hydrogens (tertiary/aromatic N) is 7. The number of aromatic nitrogens is 5. The van der Waals surface area contributed by atoms with Gasteiger partial charge in [-0.15, -0.1) is 0 Å². The third kappa shape index (κ3) is 5.73. The fraction of sp³-hybridized carbons (Fsp3) is 0.405. The minimum Gasteiger partial charge on any atom is -0.392 e. The van der Waals surface area contributed by atoms with E-state index in [4.69, 9.17) is 4.74 Å². The van der Waals surface area contributed by atoms with E-state index < -0.39 is 0 Å². The predicted molar refractivity (Wildman–Crippen MR) is 189 cm³/mol. The van der Waals surface area contributed by atoms with Gasteiger partial charge in [-0.1, -0.05) is 13.8 Å². The van der Waals surface area contributed by atoms with Gasteiger partial charge < -0.3 is 29.0 Å². The normalized spacial score (nSPS) is 19.1. The largest absolute Gasteiger partial charge is 0.392 e. The van der Waals surface area contributed by atoms with Gasteiger partial charge in [-0.05, 0) is 66.1 Å². The molecular formula is C37H42N8O4. The Morgan fingerprint density at radius 3 is 2.59 bits per heavy atom. The Labute approximate surface area is 284 Å². The van der Waals surface area contributed by atoms with Gasteiger partial charge in [0.1, 0.15) is 22.8 Å². The Kier molecular flexibility index (Phi) is 7.89. The van der Waals surface area contributed by atoms with Gasteiger partial charge in [0.15, 0.2) is 0 Å². The van der Waals surface area contributed by atoms with E-state index in [-0.39, 0.29) is 23.1 Å². The number of hydrogen-bond donors (Lipinski definition) is 2. The summed E-state index contributed by atoms with van der Waals surface area (Å²) in [6.45, 7) is 9.69. The predicted octanol–water partition coefficient (Wildman–Crippen LogP) is 3.52. The lowest BCUT2D eigenvalue weighted by molar-refractivity contribution is 0.139. The summed E-state index contributed by atoms with van der Waals surface area (Å²) < 4.78 is 10.6. The Hall–Kier alpha value is -4.78. The summed E-state index contributed by atoms with van der Waals surface area (Å²) in [4.78, 5) is 41.1. The molecular weight excluding hydrogens is 620 g/mol. The van der Waals surface area contributed by atoms with Crippen molar-refractivity contribution in [1.29, 1.82) is 0 Å². The van der Waals surface area contributed by atoms with Gasteiger partial charge in [0.05, 0.1) is 25.1 Å². The van der Waals surface area contributed by atoms with Gasteiger partial charge in [0, 0.05) is 87.5 Å². The highest BCUT2D eigenvalue weighted by atomic mass is 16.5. The number of rotatable bonds is 7. The molecule has 0 aromatic carbocycles. The fourth-order valence-electron chi connectivity index (χ4n) is 7.83. The second-order valence-electron chi connectivity index (χ2n) is 14.3. The summed E-state index contributed by atoms with van der Waals surface area (Å²) in [6, 6.07) is 10.00. The molecule has 0 spiro atoms. The lowest BCUT2D eigenvalue weighted by Crippen LogP contribution is -2.50. The van der Waals surface area contributed by atoms with Crippen molar-refractivity contribution in [1.82, 2.24) is 28.4 Å². The molecule has 3 aliphatic rings. The molecule has 7 heterocycles. The van der Waals surface area contributed by atoms with Gasteiger partial charge in [-0.3, -0.25) is 19.1 Å². The van der Waals surface area contributed by atoms with E-state index in [1.54, 1.807) is 37.8 Å². The van der Waals surface area contributed by atoms with Crippen molar-refractivity contribution < 1.29 is 9.84 Å². The third-order valence-electron chi connectivity index (χ3n) is 10.4. The summed E-state index contributed by atoms with van der Waals surface area (Å²) in [5, 5.41) is 13.9. The molecule has 1 atom stereocenters. The Bertz CT molecular complexity index is 2150. The molecule has 2 N–H and O–H groups in total. The number of hydrogen-bond acceptors (Lipinski definition) is 9. The van der Waals surface area contributed by atoms with Gasteiger partial charge in [0.2, 0.25) is 0 Å². The molecule has 49 heavy (non-hydrogen) atoms. The van der Waals surface area contributed by atoms with Crippen LogP contribution in [-0.2, 0) is 31.2 Å². The van der Waals surface area contributed by atoms with Crippen molar-refractivity contribution in [2.75, 3.05) is 49.6 Å². The molecule has 0 radical (unpaired) electrons. The molecule has 0 amide bonds. The van der Waals surface area contributed by atoms with Crippen molar-refractivity contribution in [3.8, 4) is 16.9 Å². The minimum absolute atomic E-state index is 0.171. The van der Waals surface area contributed by atoms with Crippen molar-refractivity contribution in [3.63, 3.8) is 0 Å². The summed E-state index contributed by atoms with van der Waals surface area (Å²) in [7, 11) is 1.69. The Balaban J connectivity index is 1.06. The highest BCUT2D eigenvalue weighted by Crippen LogP contribution is 2.37. The van der Waals surface area contributed by atoms with Crippen molar-refractivity contribution >= 4 is 22.7 Å². The van der Waals surface area contributed by atoms with Gasteiger partial charge >= 0.3 is 0 Å². The van der Waals surface area contributed by atoms with E-state index in [0.29, 0.717) is 45.6 Å². The lowest BCUT2D eigenvalue weighted by Gasteiger charge is -2.38. The number of anilines is 3. The summed E-state index contributed by atoms with van der Waals surface area (Å²) in [5.74, 6) is 0.909. The molecule has 2 fully saturated rings. The van der Waals surface area contributed by atoms with E-state index >= 15 is 0 Å². The first-order chi connectivity index (χ1) is 23.7. The highest BCUT2D eigenvalue weighted by Gasteiger charge is 2.32. The molecule has 12 nitrogen and oxygen atoms in total. The van der Waals surface area contributed by atoms with Crippen LogP contribution in [0.4, 0.5) is 17.2 Å². The van der Waals surface area contributed by atoms with Crippen LogP contribution in [0.3, 0.4) is 0 Å². The molecule has 5 aromatic rings. The Morgan fingerprint density at radius 1 is 1.02 bits per heavy atom. The van der Waals surface area contributed by atoms with Crippen LogP contribution in [0.15, 0.2) is 70.9 Å². The zero-order chi connectivity index (χ0) is 33.9. The number of aliphatic hydroxyl groups excluding tert-OH is 1. The third-order valence-corrected chi connectivity index (χ3v) is 10.4. The smallest absolute Gasteiger partial charge is 0.280 e. The van der Waals surface area contributed by atoms with Crippen molar-refractivity contribution in [3.05, 3.63) is 98.8 Å². The number of nitrogens with one attached hydrogen (secondary N) is 1. The van der Waals surface area contributed by atoms with Gasteiger partial charge in [-0.2, -0.15) is 0 Å². The zero-order valence-electron chi connectivity index (χ0n) is 28.2. The van der Waals surface area contributed by atoms with Crippen molar-refractivity contribution in [2.45, 2.75) is 45.8 Å². The number of fused-ring (bicyclic) bond motifs is 3. The Morgan fingerprint density at radius 2 is 1.86 bits per heavy atom. The van der Waals surface area contributed by atoms with Crippen LogP contribution < -0.4 is 21.3 Å². The maximum atomic E-state index is 13.8. The second-order valence-corrected chi connectivity index (χ2v) is 14.3. The van der Waals surface area contributed by atoms with Gasteiger partial charge in [0.25, 0.3) is 11.1 Å². The SMILES string of the molecule is Cn1cc(-c2ccnc(-n3ccn4c5c(cc4c3=O)CC(C)(C)C5)c2CO)cc(Nc2ccc(N3CCN(C4CCOC4)CC3)cn2)c1=O. The number of piperazine rings is 1. The molecule has 2 saturated heterocycles. The van der Waals surface area contributed by atoms with Crippen molar-refractivity contribution in [2.24, 2.45) is 12.5 Å². The summed E-state index contributed by atoms with van der Waals surface area (Å²) >= 11 is 0. The van der Waals surface area contributed by atoms with Crippen LogP contribution in [0.25, 0.3) is 22.5 Å². The van der Waals surface area contributed by atoms with Gasteiger partial charge in [-0.25, -0.2) is 9.97 Å². The molecule has 0 bridgehead atoms. The molecule has 0 saturated carbocycles. The molecule has 2 aliphatic heterocycles. The minimum atomic E-state index is -0.348. The van der Waals surface area contributed by atoms with Crippen LogP contribution in [0.2, 0.25) is 0 Å². The first-order valence-corrected chi connectivity index (χ1v) is 17.0. The van der Waals surface area contributed by atoms with Crippen LogP contribution >= 0.6 is 0 Å². The average Bonchev–Trinajstić information content (AvgIpc) is 3.83. The van der Waals surface area contributed by atoms with Crippen LogP contribution in [0.5, 0.6) is 0 Å². The van der Waals surface area contributed by atoms with E-state index in [2.05, 4.69) is 38.9 Å². The zero-order valence-corrected chi connectivity index (χ0v) is 28.2. The van der Waals surface area contributed by atoms with E-state index in [1.807, 2.05) is 35.0 Å². The molecule has 8 rings (SSSR count). The highest BCUT2D eigenvalue weighted by molar-refractivity contribution is 5.73. The molecule has 5 aromatic heterocycles. The van der Waals surface area contributed by atoms with Crippen LogP contribution in [0.1, 0.15) is 37.1 Å². The maximum Gasteiger partial charge on any atom is 0.280 e. The molecule has 12 heteroatoms. The molecule has 1 aliphatic carbocycles. The van der Waals surface area contributed by atoms with E-state index in [1.165, 1.54) is 20.4 Å². The number of ether oxygens (including phenoxy) is 1. The quantitative estimate of drug-likeness (QED) is 0.270. The molecule has 254 valence electrons. The maximum absolute atomic E-state index is 13.8. The standard InChI is InChI=1S/C37H42N8O4/c1-37(2)18-24-17-31-36(48)45(14-13-44(31)32(24)19-37)34-29(22-46)28(6-8-38-34)25-16-30(35(47)41(3)21-25)40-33-5-4-26(20-39-33)42-9-11-43(12-10-42)27-7-15-49-23-27/h4-6,8,13-14,16-17,20-21,27,46H,7,9-12,15,18-19,22-23H2,1-3H3,(H,39,40). The number of aryl methyl sites for hydroxylation is 1.